The van der Waals surface area contributed by atoms with E-state index in [4.69, 9.17) is 14.2 Å². The predicted octanol–water partition coefficient (Wildman–Crippen LogP) is 5.06. The van der Waals surface area contributed by atoms with Crippen molar-refractivity contribution in [3.05, 3.63) is 35.9 Å². The number of allylic oxidation sites excluding steroid dienone is 1. The highest BCUT2D eigenvalue weighted by atomic mass is 16.5. The van der Waals surface area contributed by atoms with Crippen molar-refractivity contribution >= 4 is 0 Å². The minimum absolute atomic E-state index is 0.0840. The zero-order valence-corrected chi connectivity index (χ0v) is 16.6. The van der Waals surface area contributed by atoms with Crippen molar-refractivity contribution in [2.75, 3.05) is 14.2 Å². The first-order valence-corrected chi connectivity index (χ1v) is 10.1. The van der Waals surface area contributed by atoms with Crippen LogP contribution in [0.15, 0.2) is 24.8 Å². The molecule has 0 N–H and O–H groups in total. The zero-order chi connectivity index (χ0) is 18.5. The van der Waals surface area contributed by atoms with Gasteiger partial charge in [-0.25, -0.2) is 0 Å². The Morgan fingerprint density at radius 1 is 1.35 bits per heavy atom. The van der Waals surface area contributed by atoms with E-state index in [9.17, 15) is 0 Å². The molecule has 2 aliphatic carbocycles. The number of hydrogen-bond donors (Lipinski definition) is 0. The van der Waals surface area contributed by atoms with Gasteiger partial charge >= 0.3 is 0 Å². The topological polar surface area (TPSA) is 27.7 Å². The third-order valence-corrected chi connectivity index (χ3v) is 7.43. The molecule has 3 aliphatic rings. The van der Waals surface area contributed by atoms with Gasteiger partial charge in [0.2, 0.25) is 0 Å². The van der Waals surface area contributed by atoms with Crippen LogP contribution in [0.25, 0.3) is 0 Å². The summed E-state index contributed by atoms with van der Waals surface area (Å²) in [7, 11) is 3.66. The van der Waals surface area contributed by atoms with Gasteiger partial charge < -0.3 is 14.2 Å². The Labute approximate surface area is 157 Å². The highest BCUT2D eigenvalue weighted by molar-refractivity contribution is 5.62. The standard InChI is InChI=1S/C23H32O3/c1-6-8-17-14-16-9-10-18(24-4)20-19(16)22(12-7-2)21(26-20)15(3)11-13-23(17,22)25-5/h6,9-10,15,17,21H,1,7-8,11-14H2,2-5H3/t15-,17?,21-,22?,23+/m0/s1. The van der Waals surface area contributed by atoms with Crippen molar-refractivity contribution in [3.8, 4) is 11.5 Å². The molecule has 3 nitrogen and oxygen atoms in total. The molecule has 4 rings (SSSR count). The van der Waals surface area contributed by atoms with E-state index in [-0.39, 0.29) is 17.1 Å². The third kappa shape index (κ3) is 1.98. The van der Waals surface area contributed by atoms with Crippen LogP contribution in [0.4, 0.5) is 0 Å². The van der Waals surface area contributed by atoms with Crippen molar-refractivity contribution in [1.29, 1.82) is 0 Å². The SMILES string of the molecule is C=CCC1Cc2ccc(OC)c3c2C2(CCC)[C@@H](O3)[C@@H](C)CC[C@@]12OC. The third-order valence-electron chi connectivity index (χ3n) is 7.43. The van der Waals surface area contributed by atoms with Crippen LogP contribution < -0.4 is 9.47 Å². The molecular formula is C23H32O3. The molecule has 5 atom stereocenters. The normalized spacial score (nSPS) is 37.0. The van der Waals surface area contributed by atoms with E-state index in [1.54, 1.807) is 7.11 Å². The summed E-state index contributed by atoms with van der Waals surface area (Å²) in [6.45, 7) is 8.68. The van der Waals surface area contributed by atoms with Crippen LogP contribution in [-0.2, 0) is 16.6 Å². The molecule has 0 radical (unpaired) electrons. The Morgan fingerprint density at radius 2 is 2.15 bits per heavy atom. The minimum Gasteiger partial charge on any atom is -0.493 e. The highest BCUT2D eigenvalue weighted by Crippen LogP contribution is 2.67. The van der Waals surface area contributed by atoms with Gasteiger partial charge in [0.1, 0.15) is 6.10 Å². The average molecular weight is 357 g/mol. The van der Waals surface area contributed by atoms with Gasteiger partial charge in [-0.15, -0.1) is 6.58 Å². The maximum Gasteiger partial charge on any atom is 0.165 e. The van der Waals surface area contributed by atoms with Crippen LogP contribution in [0.3, 0.4) is 0 Å². The van der Waals surface area contributed by atoms with E-state index in [1.165, 1.54) is 11.1 Å². The molecule has 142 valence electrons. The molecule has 0 bridgehead atoms. The van der Waals surface area contributed by atoms with Gasteiger partial charge in [0, 0.05) is 12.7 Å². The van der Waals surface area contributed by atoms with Gasteiger partial charge in [-0.1, -0.05) is 32.4 Å². The number of ether oxygens (including phenoxy) is 3. The lowest BCUT2D eigenvalue weighted by atomic mass is 9.47. The lowest BCUT2D eigenvalue weighted by Gasteiger charge is -2.60. The molecule has 0 spiro atoms. The molecule has 26 heavy (non-hydrogen) atoms. The fourth-order valence-corrected chi connectivity index (χ4v) is 6.58. The van der Waals surface area contributed by atoms with Crippen molar-refractivity contribution < 1.29 is 14.2 Å². The first-order chi connectivity index (χ1) is 12.6. The lowest BCUT2D eigenvalue weighted by Crippen LogP contribution is -2.68. The summed E-state index contributed by atoms with van der Waals surface area (Å²) in [4.78, 5) is 0. The molecule has 1 aromatic rings. The second kappa shape index (κ2) is 6.30. The van der Waals surface area contributed by atoms with Gasteiger partial charge in [-0.3, -0.25) is 0 Å². The number of methoxy groups -OCH3 is 2. The molecule has 3 heteroatoms. The molecule has 2 unspecified atom stereocenters. The molecule has 1 fully saturated rings. The van der Waals surface area contributed by atoms with E-state index >= 15 is 0 Å². The molecule has 1 aromatic carbocycles. The molecule has 1 saturated carbocycles. The van der Waals surface area contributed by atoms with Crippen molar-refractivity contribution in [3.63, 3.8) is 0 Å². The number of rotatable bonds is 6. The fourth-order valence-electron chi connectivity index (χ4n) is 6.58. The monoisotopic (exact) mass is 356 g/mol. The van der Waals surface area contributed by atoms with Crippen LogP contribution in [0, 0.1) is 11.8 Å². The second-order valence-electron chi connectivity index (χ2n) is 8.43. The number of benzene rings is 1. The van der Waals surface area contributed by atoms with Gasteiger partial charge in [0.05, 0.1) is 18.1 Å². The minimum atomic E-state index is -0.182. The lowest BCUT2D eigenvalue weighted by molar-refractivity contribution is -0.182. The van der Waals surface area contributed by atoms with Gasteiger partial charge in [-0.05, 0) is 55.6 Å². The van der Waals surface area contributed by atoms with E-state index in [0.29, 0.717) is 11.8 Å². The summed E-state index contributed by atoms with van der Waals surface area (Å²) >= 11 is 0. The second-order valence-corrected chi connectivity index (χ2v) is 8.43. The summed E-state index contributed by atoms with van der Waals surface area (Å²) in [6, 6.07) is 4.34. The van der Waals surface area contributed by atoms with Crippen molar-refractivity contribution in [2.45, 2.75) is 69.5 Å². The summed E-state index contributed by atoms with van der Waals surface area (Å²) in [5.74, 6) is 2.81. The molecule has 0 saturated heterocycles. The van der Waals surface area contributed by atoms with E-state index < -0.39 is 0 Å². The Bertz CT molecular complexity index is 712. The van der Waals surface area contributed by atoms with Crippen LogP contribution >= 0.6 is 0 Å². The summed E-state index contributed by atoms with van der Waals surface area (Å²) < 4.78 is 18.9. The van der Waals surface area contributed by atoms with Crippen LogP contribution in [0.1, 0.15) is 57.1 Å². The molecular weight excluding hydrogens is 324 g/mol. The smallest absolute Gasteiger partial charge is 0.165 e. The number of hydrogen-bond acceptors (Lipinski definition) is 3. The first-order valence-electron chi connectivity index (χ1n) is 10.1. The largest absolute Gasteiger partial charge is 0.493 e. The van der Waals surface area contributed by atoms with Gasteiger partial charge in [0.15, 0.2) is 11.5 Å². The zero-order valence-electron chi connectivity index (χ0n) is 16.6. The summed E-state index contributed by atoms with van der Waals surface area (Å²) in [6.07, 6.45) is 8.70. The highest BCUT2D eigenvalue weighted by Gasteiger charge is 2.70. The van der Waals surface area contributed by atoms with Crippen LogP contribution in [-0.4, -0.2) is 25.9 Å². The van der Waals surface area contributed by atoms with E-state index in [1.807, 2.05) is 7.11 Å². The Hall–Kier alpha value is -1.48. The van der Waals surface area contributed by atoms with Crippen molar-refractivity contribution in [2.24, 2.45) is 11.8 Å². The van der Waals surface area contributed by atoms with Crippen molar-refractivity contribution in [1.82, 2.24) is 0 Å². The Morgan fingerprint density at radius 3 is 2.81 bits per heavy atom. The Balaban J connectivity index is 2.04. The van der Waals surface area contributed by atoms with Crippen LogP contribution in [0.2, 0.25) is 0 Å². The van der Waals surface area contributed by atoms with Gasteiger partial charge in [-0.2, -0.15) is 0 Å². The molecule has 1 aliphatic heterocycles. The van der Waals surface area contributed by atoms with Gasteiger partial charge in [0.25, 0.3) is 0 Å². The van der Waals surface area contributed by atoms with Crippen LogP contribution in [0.5, 0.6) is 11.5 Å². The average Bonchev–Trinajstić information content (AvgIpc) is 3.00. The molecule has 1 heterocycles. The maximum absolute atomic E-state index is 6.71. The van der Waals surface area contributed by atoms with E-state index in [2.05, 4.69) is 38.6 Å². The maximum atomic E-state index is 6.71. The molecule has 0 amide bonds. The Kier molecular flexibility index (Phi) is 4.34. The molecule has 0 aromatic heterocycles. The van der Waals surface area contributed by atoms with E-state index in [0.717, 1.165) is 50.0 Å². The quantitative estimate of drug-likeness (QED) is 0.667. The summed E-state index contributed by atoms with van der Waals surface area (Å²) in [5.41, 5.74) is 2.54. The fraction of sp³-hybridized carbons (Fsp3) is 0.652. The summed E-state index contributed by atoms with van der Waals surface area (Å²) in [5, 5.41) is 0. The first kappa shape index (κ1) is 17.9. The predicted molar refractivity (Wildman–Crippen MR) is 104 cm³/mol.